The van der Waals surface area contributed by atoms with E-state index in [4.69, 9.17) is 14.7 Å². The Kier molecular flexibility index (Phi) is 3.75. The lowest BCUT2D eigenvalue weighted by molar-refractivity contribution is 0.0236. The molecule has 1 fully saturated rings. The van der Waals surface area contributed by atoms with Gasteiger partial charge < -0.3 is 9.47 Å². The zero-order valence-corrected chi connectivity index (χ0v) is 10.2. The van der Waals surface area contributed by atoms with Gasteiger partial charge in [0.05, 0.1) is 13.2 Å². The molecule has 2 heterocycles. The average Bonchev–Trinajstić information content (AvgIpc) is 2.33. The van der Waals surface area contributed by atoms with Crippen molar-refractivity contribution in [2.75, 3.05) is 13.2 Å². The number of nitriles is 1. The van der Waals surface area contributed by atoms with Crippen molar-refractivity contribution >= 4 is 15.9 Å². The molecule has 16 heavy (non-hydrogen) atoms. The van der Waals surface area contributed by atoms with Gasteiger partial charge in [0.15, 0.2) is 0 Å². The quantitative estimate of drug-likeness (QED) is 0.835. The summed E-state index contributed by atoms with van der Waals surface area (Å²) in [6, 6.07) is 3.79. The predicted octanol–water partition coefficient (Wildman–Crippen LogP) is 2.27. The van der Waals surface area contributed by atoms with Gasteiger partial charge in [-0.1, -0.05) is 0 Å². The molecule has 1 aliphatic rings. The molecule has 0 N–H and O–H groups in total. The first kappa shape index (κ1) is 11.4. The minimum atomic E-state index is 0.106. The summed E-state index contributed by atoms with van der Waals surface area (Å²) in [6.45, 7) is 1.42. The maximum Gasteiger partial charge on any atom is 0.231 e. The SMILES string of the molecule is N#Cc1cc(Br)cnc1OC1CCOCC1. The monoisotopic (exact) mass is 282 g/mol. The third-order valence-electron chi connectivity index (χ3n) is 2.38. The lowest BCUT2D eigenvalue weighted by Gasteiger charge is -2.22. The molecule has 1 saturated heterocycles. The van der Waals surface area contributed by atoms with E-state index in [0.29, 0.717) is 24.7 Å². The van der Waals surface area contributed by atoms with Crippen molar-refractivity contribution in [1.82, 2.24) is 4.98 Å². The van der Waals surface area contributed by atoms with Gasteiger partial charge in [-0.15, -0.1) is 0 Å². The van der Waals surface area contributed by atoms with Crippen LogP contribution in [-0.2, 0) is 4.74 Å². The smallest absolute Gasteiger partial charge is 0.231 e. The van der Waals surface area contributed by atoms with E-state index < -0.39 is 0 Å². The highest BCUT2D eigenvalue weighted by Crippen LogP contribution is 2.22. The van der Waals surface area contributed by atoms with Gasteiger partial charge in [0, 0.05) is 23.5 Å². The Bertz CT molecular complexity index is 411. The van der Waals surface area contributed by atoms with E-state index in [1.54, 1.807) is 12.3 Å². The number of hydrogen-bond acceptors (Lipinski definition) is 4. The summed E-state index contributed by atoms with van der Waals surface area (Å²) in [6.07, 6.45) is 3.44. The van der Waals surface area contributed by atoms with Crippen LogP contribution in [0.15, 0.2) is 16.7 Å². The van der Waals surface area contributed by atoms with Gasteiger partial charge in [-0.25, -0.2) is 4.98 Å². The highest BCUT2D eigenvalue weighted by Gasteiger charge is 2.17. The first-order valence-corrected chi connectivity index (χ1v) is 5.89. The van der Waals surface area contributed by atoms with Crippen LogP contribution in [0, 0.1) is 11.3 Å². The molecule has 0 amide bonds. The first-order chi connectivity index (χ1) is 7.79. The molecule has 1 aromatic heterocycles. The zero-order valence-electron chi connectivity index (χ0n) is 8.65. The summed E-state index contributed by atoms with van der Waals surface area (Å²) >= 11 is 3.27. The molecule has 4 nitrogen and oxygen atoms in total. The molecule has 1 aromatic rings. The Hall–Kier alpha value is -1.12. The van der Waals surface area contributed by atoms with Gasteiger partial charge in [0.25, 0.3) is 0 Å². The molecule has 0 spiro atoms. The predicted molar refractivity (Wildman–Crippen MR) is 61.1 cm³/mol. The van der Waals surface area contributed by atoms with Crippen LogP contribution in [0.25, 0.3) is 0 Å². The molecule has 0 bridgehead atoms. The van der Waals surface area contributed by atoms with Crippen molar-refractivity contribution in [3.05, 3.63) is 22.3 Å². The minimum absolute atomic E-state index is 0.106. The van der Waals surface area contributed by atoms with Crippen LogP contribution in [-0.4, -0.2) is 24.3 Å². The zero-order chi connectivity index (χ0) is 11.4. The van der Waals surface area contributed by atoms with E-state index in [9.17, 15) is 0 Å². The normalized spacial score (nSPS) is 16.8. The number of nitrogens with zero attached hydrogens (tertiary/aromatic N) is 2. The number of pyridine rings is 1. The van der Waals surface area contributed by atoms with Crippen LogP contribution < -0.4 is 4.74 Å². The molecular weight excluding hydrogens is 272 g/mol. The molecule has 0 aliphatic carbocycles. The topological polar surface area (TPSA) is 55.1 Å². The number of aromatic nitrogens is 1. The molecule has 0 saturated carbocycles. The van der Waals surface area contributed by atoms with Gasteiger partial charge in [0.1, 0.15) is 17.7 Å². The van der Waals surface area contributed by atoms with Crippen LogP contribution in [0.2, 0.25) is 0 Å². The van der Waals surface area contributed by atoms with Crippen LogP contribution in [0.3, 0.4) is 0 Å². The highest BCUT2D eigenvalue weighted by atomic mass is 79.9. The van der Waals surface area contributed by atoms with Crippen LogP contribution >= 0.6 is 15.9 Å². The summed E-state index contributed by atoms with van der Waals surface area (Å²) in [5.74, 6) is 0.414. The van der Waals surface area contributed by atoms with Crippen LogP contribution in [0.5, 0.6) is 5.88 Å². The standard InChI is InChI=1S/C11H11BrN2O2/c12-9-5-8(6-13)11(14-7-9)16-10-1-3-15-4-2-10/h5,7,10H,1-4H2. The number of halogens is 1. The molecule has 0 atom stereocenters. The fourth-order valence-electron chi connectivity index (χ4n) is 1.55. The van der Waals surface area contributed by atoms with Gasteiger partial charge in [-0.3, -0.25) is 0 Å². The van der Waals surface area contributed by atoms with Gasteiger partial charge in [-0.05, 0) is 22.0 Å². The molecular formula is C11H11BrN2O2. The third-order valence-corrected chi connectivity index (χ3v) is 2.82. The van der Waals surface area contributed by atoms with Crippen molar-refractivity contribution < 1.29 is 9.47 Å². The molecule has 84 valence electrons. The van der Waals surface area contributed by atoms with Crippen molar-refractivity contribution in [3.63, 3.8) is 0 Å². The lowest BCUT2D eigenvalue weighted by Crippen LogP contribution is -2.26. The fraction of sp³-hybridized carbons (Fsp3) is 0.455. The maximum atomic E-state index is 8.96. The fourth-order valence-corrected chi connectivity index (χ4v) is 1.88. The van der Waals surface area contributed by atoms with E-state index in [1.807, 2.05) is 0 Å². The number of rotatable bonds is 2. The molecule has 0 aromatic carbocycles. The van der Waals surface area contributed by atoms with E-state index in [0.717, 1.165) is 17.3 Å². The summed E-state index contributed by atoms with van der Waals surface area (Å²) in [5, 5.41) is 8.96. The Balaban J connectivity index is 2.11. The second kappa shape index (κ2) is 5.28. The second-order valence-corrected chi connectivity index (χ2v) is 4.46. The third kappa shape index (κ3) is 2.71. The van der Waals surface area contributed by atoms with Gasteiger partial charge >= 0.3 is 0 Å². The Labute approximate surface area is 102 Å². The van der Waals surface area contributed by atoms with Crippen molar-refractivity contribution in [3.8, 4) is 11.9 Å². The Morgan fingerprint density at radius 3 is 2.94 bits per heavy atom. The van der Waals surface area contributed by atoms with Crippen LogP contribution in [0.4, 0.5) is 0 Å². The molecule has 5 heteroatoms. The van der Waals surface area contributed by atoms with E-state index >= 15 is 0 Å². The molecule has 2 rings (SSSR count). The van der Waals surface area contributed by atoms with Crippen molar-refractivity contribution in [2.24, 2.45) is 0 Å². The minimum Gasteiger partial charge on any atom is -0.473 e. The van der Waals surface area contributed by atoms with Crippen LogP contribution in [0.1, 0.15) is 18.4 Å². The van der Waals surface area contributed by atoms with Crippen molar-refractivity contribution in [1.29, 1.82) is 5.26 Å². The molecule has 0 radical (unpaired) electrons. The number of hydrogen-bond donors (Lipinski definition) is 0. The first-order valence-electron chi connectivity index (χ1n) is 5.09. The maximum absolute atomic E-state index is 8.96. The average molecular weight is 283 g/mol. The molecule has 1 aliphatic heterocycles. The second-order valence-electron chi connectivity index (χ2n) is 3.55. The van der Waals surface area contributed by atoms with Crippen molar-refractivity contribution in [2.45, 2.75) is 18.9 Å². The summed E-state index contributed by atoms with van der Waals surface area (Å²) in [5.41, 5.74) is 0.459. The van der Waals surface area contributed by atoms with E-state index in [2.05, 4.69) is 27.0 Å². The highest BCUT2D eigenvalue weighted by molar-refractivity contribution is 9.10. The van der Waals surface area contributed by atoms with Gasteiger partial charge in [0.2, 0.25) is 5.88 Å². The number of ether oxygens (including phenoxy) is 2. The van der Waals surface area contributed by atoms with E-state index in [-0.39, 0.29) is 6.10 Å². The Morgan fingerprint density at radius 1 is 1.50 bits per heavy atom. The van der Waals surface area contributed by atoms with Gasteiger partial charge in [-0.2, -0.15) is 5.26 Å². The van der Waals surface area contributed by atoms with E-state index in [1.165, 1.54) is 0 Å². The largest absolute Gasteiger partial charge is 0.473 e. The lowest BCUT2D eigenvalue weighted by atomic mass is 10.1. The summed E-state index contributed by atoms with van der Waals surface area (Å²) < 4.78 is 11.7. The Morgan fingerprint density at radius 2 is 2.25 bits per heavy atom. The molecule has 0 unspecified atom stereocenters. The summed E-state index contributed by atoms with van der Waals surface area (Å²) in [4.78, 5) is 4.11. The summed E-state index contributed by atoms with van der Waals surface area (Å²) in [7, 11) is 0.